The number of hydrogen-bond acceptors (Lipinski definition) is 3. The fraction of sp³-hybridized carbons (Fsp3) is 0.545. The fourth-order valence-electron chi connectivity index (χ4n) is 4.15. The number of aromatic hydroxyl groups is 2. The Kier molecular flexibility index (Phi) is 5.99. The summed E-state index contributed by atoms with van der Waals surface area (Å²) in [5.41, 5.74) is 3.46. The van der Waals surface area contributed by atoms with Crippen molar-refractivity contribution in [2.45, 2.75) is 71.3 Å². The zero-order valence-electron chi connectivity index (χ0n) is 16.0. The minimum atomic E-state index is -0.738. The van der Waals surface area contributed by atoms with E-state index in [1.165, 1.54) is 17.2 Å². The molecule has 1 saturated carbocycles. The molecule has 1 aromatic rings. The molecule has 2 rings (SSSR count). The summed E-state index contributed by atoms with van der Waals surface area (Å²) in [6.07, 6.45) is 6.33. The van der Waals surface area contributed by atoms with Gasteiger partial charge in [0.1, 0.15) is 11.5 Å². The van der Waals surface area contributed by atoms with Gasteiger partial charge in [-0.05, 0) is 83.3 Å². The zero-order valence-corrected chi connectivity index (χ0v) is 16.0. The van der Waals surface area contributed by atoms with Crippen LogP contribution < -0.4 is 0 Å². The van der Waals surface area contributed by atoms with Gasteiger partial charge in [0, 0.05) is 11.6 Å². The van der Waals surface area contributed by atoms with Crippen LogP contribution in [0.4, 0.5) is 0 Å². The van der Waals surface area contributed by atoms with Gasteiger partial charge >= 0.3 is 0 Å². The molecule has 3 N–H and O–H groups in total. The molecule has 0 aliphatic heterocycles. The molecular weight excluding hydrogens is 312 g/mol. The summed E-state index contributed by atoms with van der Waals surface area (Å²) in [4.78, 5) is 0. The molecule has 3 heteroatoms. The van der Waals surface area contributed by atoms with Crippen LogP contribution in [0.3, 0.4) is 0 Å². The molecule has 3 atom stereocenters. The third-order valence-corrected chi connectivity index (χ3v) is 5.40. The van der Waals surface area contributed by atoms with Crippen molar-refractivity contribution in [1.29, 1.82) is 0 Å². The summed E-state index contributed by atoms with van der Waals surface area (Å²) >= 11 is 0. The third kappa shape index (κ3) is 4.88. The SMILES string of the molecule is C=C(CCC=C(C)C)C1CCC(C)(O)CC1c1c(C)cc(O)cc1O. The highest BCUT2D eigenvalue weighted by Gasteiger charge is 2.39. The minimum absolute atomic E-state index is 0.0172. The van der Waals surface area contributed by atoms with Crippen LogP contribution in [0.2, 0.25) is 0 Å². The zero-order chi connectivity index (χ0) is 18.8. The van der Waals surface area contributed by atoms with Crippen molar-refractivity contribution in [2.75, 3.05) is 0 Å². The van der Waals surface area contributed by atoms with E-state index in [0.29, 0.717) is 6.42 Å². The lowest BCUT2D eigenvalue weighted by Gasteiger charge is -2.41. The topological polar surface area (TPSA) is 60.7 Å². The largest absolute Gasteiger partial charge is 0.508 e. The van der Waals surface area contributed by atoms with Gasteiger partial charge in [-0.1, -0.05) is 23.8 Å². The summed E-state index contributed by atoms with van der Waals surface area (Å²) in [6.45, 7) is 12.3. The Morgan fingerprint density at radius 2 is 2.00 bits per heavy atom. The lowest BCUT2D eigenvalue weighted by atomic mass is 9.66. The van der Waals surface area contributed by atoms with E-state index in [0.717, 1.165) is 36.8 Å². The second-order valence-corrected chi connectivity index (χ2v) is 8.13. The summed E-state index contributed by atoms with van der Waals surface area (Å²) in [7, 11) is 0. The van der Waals surface area contributed by atoms with Gasteiger partial charge in [0.05, 0.1) is 5.60 Å². The van der Waals surface area contributed by atoms with Crippen LogP contribution in [0.5, 0.6) is 11.5 Å². The molecular formula is C22H32O3. The number of benzene rings is 1. The van der Waals surface area contributed by atoms with Gasteiger partial charge in [-0.2, -0.15) is 0 Å². The second-order valence-electron chi connectivity index (χ2n) is 8.13. The van der Waals surface area contributed by atoms with E-state index in [-0.39, 0.29) is 23.3 Å². The Bertz CT molecular complexity index is 643. The first kappa shape index (κ1) is 19.6. The first-order chi connectivity index (χ1) is 11.6. The fourth-order valence-corrected chi connectivity index (χ4v) is 4.15. The first-order valence-corrected chi connectivity index (χ1v) is 9.16. The maximum absolute atomic E-state index is 10.6. The number of rotatable bonds is 5. The smallest absolute Gasteiger partial charge is 0.123 e. The predicted molar refractivity (Wildman–Crippen MR) is 103 cm³/mol. The molecule has 1 aliphatic carbocycles. The van der Waals surface area contributed by atoms with E-state index in [1.54, 1.807) is 6.07 Å². The number of phenolic OH excluding ortho intramolecular Hbond substituents is 2. The molecule has 1 fully saturated rings. The molecule has 0 saturated heterocycles. The van der Waals surface area contributed by atoms with Gasteiger partial charge in [0.2, 0.25) is 0 Å². The highest BCUT2D eigenvalue weighted by molar-refractivity contribution is 5.48. The molecule has 0 aromatic heterocycles. The molecule has 0 spiro atoms. The summed E-state index contributed by atoms with van der Waals surface area (Å²) < 4.78 is 0. The van der Waals surface area contributed by atoms with Crippen molar-refractivity contribution in [3.05, 3.63) is 47.1 Å². The van der Waals surface area contributed by atoms with Crippen molar-refractivity contribution >= 4 is 0 Å². The van der Waals surface area contributed by atoms with E-state index in [9.17, 15) is 15.3 Å². The van der Waals surface area contributed by atoms with Gasteiger partial charge in [0.25, 0.3) is 0 Å². The first-order valence-electron chi connectivity index (χ1n) is 9.16. The van der Waals surface area contributed by atoms with Gasteiger partial charge in [-0.3, -0.25) is 0 Å². The van der Waals surface area contributed by atoms with E-state index in [2.05, 4.69) is 26.5 Å². The molecule has 0 radical (unpaired) electrons. The van der Waals surface area contributed by atoms with E-state index in [4.69, 9.17) is 0 Å². The quantitative estimate of drug-likeness (QED) is 0.632. The van der Waals surface area contributed by atoms with Crippen LogP contribution in [-0.2, 0) is 0 Å². The second kappa shape index (κ2) is 7.65. The van der Waals surface area contributed by atoms with Gasteiger partial charge in [-0.25, -0.2) is 0 Å². The van der Waals surface area contributed by atoms with Crippen LogP contribution in [0.25, 0.3) is 0 Å². The number of hydrogen-bond donors (Lipinski definition) is 3. The Hall–Kier alpha value is -1.74. The molecule has 3 nitrogen and oxygen atoms in total. The van der Waals surface area contributed by atoms with Crippen molar-refractivity contribution in [3.63, 3.8) is 0 Å². The molecule has 3 unspecified atom stereocenters. The van der Waals surface area contributed by atoms with E-state index < -0.39 is 5.60 Å². The molecule has 1 aliphatic rings. The van der Waals surface area contributed by atoms with E-state index in [1.807, 2.05) is 13.8 Å². The molecule has 1 aromatic carbocycles. The molecule has 25 heavy (non-hydrogen) atoms. The molecule has 0 amide bonds. The Balaban J connectivity index is 2.32. The highest BCUT2D eigenvalue weighted by Crippen LogP contribution is 2.49. The summed E-state index contributed by atoms with van der Waals surface area (Å²) in [5, 5.41) is 30.8. The lowest BCUT2D eigenvalue weighted by Crippen LogP contribution is -2.36. The minimum Gasteiger partial charge on any atom is -0.508 e. The van der Waals surface area contributed by atoms with Crippen molar-refractivity contribution in [3.8, 4) is 11.5 Å². The predicted octanol–water partition coefficient (Wildman–Crippen LogP) is 5.34. The van der Waals surface area contributed by atoms with Crippen molar-refractivity contribution in [2.24, 2.45) is 5.92 Å². The molecule has 0 heterocycles. The van der Waals surface area contributed by atoms with Crippen LogP contribution in [-0.4, -0.2) is 20.9 Å². The van der Waals surface area contributed by atoms with Crippen LogP contribution in [0.15, 0.2) is 35.9 Å². The number of allylic oxidation sites excluding steroid dienone is 3. The van der Waals surface area contributed by atoms with Gasteiger partial charge in [-0.15, -0.1) is 0 Å². The average Bonchev–Trinajstić information content (AvgIpc) is 2.44. The lowest BCUT2D eigenvalue weighted by molar-refractivity contribution is 0.00205. The van der Waals surface area contributed by atoms with Crippen LogP contribution in [0.1, 0.15) is 69.9 Å². The number of aryl methyl sites for hydroxylation is 1. The Morgan fingerprint density at radius 1 is 1.32 bits per heavy atom. The average molecular weight is 344 g/mol. The maximum atomic E-state index is 10.6. The monoisotopic (exact) mass is 344 g/mol. The third-order valence-electron chi connectivity index (χ3n) is 5.40. The number of phenols is 2. The summed E-state index contributed by atoms with van der Waals surface area (Å²) in [5.74, 6) is 0.436. The van der Waals surface area contributed by atoms with Crippen molar-refractivity contribution < 1.29 is 15.3 Å². The summed E-state index contributed by atoms with van der Waals surface area (Å²) in [6, 6.07) is 3.08. The van der Waals surface area contributed by atoms with Gasteiger partial charge in [0.15, 0.2) is 0 Å². The van der Waals surface area contributed by atoms with E-state index >= 15 is 0 Å². The number of aliphatic hydroxyl groups is 1. The van der Waals surface area contributed by atoms with Crippen molar-refractivity contribution in [1.82, 2.24) is 0 Å². The maximum Gasteiger partial charge on any atom is 0.123 e. The Labute approximate surface area is 151 Å². The van der Waals surface area contributed by atoms with Gasteiger partial charge < -0.3 is 15.3 Å². The van der Waals surface area contributed by atoms with Crippen LogP contribution in [0, 0.1) is 12.8 Å². The molecule has 138 valence electrons. The standard InChI is InChI=1S/C22H32O3/c1-14(2)7-6-8-15(3)18-9-10-22(5,25)13-19(18)21-16(4)11-17(23)12-20(21)24/h7,11-12,18-19,23-25H,3,6,8-10,13H2,1-2,4-5H3. The van der Waals surface area contributed by atoms with Crippen LogP contribution >= 0.6 is 0 Å². The molecule has 0 bridgehead atoms. The Morgan fingerprint density at radius 3 is 2.60 bits per heavy atom. The normalized spacial score (nSPS) is 26.3. The highest BCUT2D eigenvalue weighted by atomic mass is 16.3.